The summed E-state index contributed by atoms with van der Waals surface area (Å²) >= 11 is 0. The largest absolute Gasteiger partial charge is 0.465 e. The molecule has 1 aromatic carbocycles. The number of ether oxygens (including phenoxy) is 1. The van der Waals surface area contributed by atoms with Crippen molar-refractivity contribution in [2.75, 3.05) is 7.11 Å². The van der Waals surface area contributed by atoms with E-state index in [0.717, 1.165) is 18.4 Å². The molecule has 2 rings (SSSR count). The van der Waals surface area contributed by atoms with E-state index < -0.39 is 0 Å². The summed E-state index contributed by atoms with van der Waals surface area (Å²) in [6.45, 7) is 0. The minimum Gasteiger partial charge on any atom is -0.465 e. The lowest BCUT2D eigenvalue weighted by Gasteiger charge is -2.06. The second-order valence-electron chi connectivity index (χ2n) is 3.55. The average molecular weight is 228 g/mol. The van der Waals surface area contributed by atoms with Crippen LogP contribution >= 0.6 is 12.4 Å². The van der Waals surface area contributed by atoms with Gasteiger partial charge in [0.1, 0.15) is 0 Å². The highest BCUT2D eigenvalue weighted by molar-refractivity contribution is 5.89. The molecule has 0 amide bonds. The molecule has 1 aromatic rings. The van der Waals surface area contributed by atoms with Gasteiger partial charge >= 0.3 is 5.97 Å². The number of fused-ring (bicyclic) bond motifs is 1. The van der Waals surface area contributed by atoms with Crippen LogP contribution in [-0.2, 0) is 11.2 Å². The average Bonchev–Trinajstić information content (AvgIpc) is 2.59. The zero-order chi connectivity index (χ0) is 10.1. The number of benzene rings is 1. The van der Waals surface area contributed by atoms with Crippen molar-refractivity contribution >= 4 is 18.4 Å². The molecule has 82 valence electrons. The Labute approximate surface area is 95.0 Å². The fourth-order valence-electron chi connectivity index (χ4n) is 1.88. The fourth-order valence-corrected chi connectivity index (χ4v) is 1.88. The van der Waals surface area contributed by atoms with Gasteiger partial charge in [0.05, 0.1) is 12.7 Å². The Hall–Kier alpha value is -1.06. The van der Waals surface area contributed by atoms with E-state index in [1.54, 1.807) is 6.07 Å². The van der Waals surface area contributed by atoms with Crippen LogP contribution in [0, 0.1) is 0 Å². The number of nitrogens with two attached hydrogens (primary N) is 1. The maximum Gasteiger partial charge on any atom is 0.337 e. The van der Waals surface area contributed by atoms with Crippen molar-refractivity contribution < 1.29 is 9.53 Å². The third-order valence-corrected chi connectivity index (χ3v) is 2.69. The Morgan fingerprint density at radius 1 is 1.53 bits per heavy atom. The van der Waals surface area contributed by atoms with Crippen LogP contribution in [-0.4, -0.2) is 13.1 Å². The molecule has 0 unspecified atom stereocenters. The van der Waals surface area contributed by atoms with Crippen LogP contribution in [0.25, 0.3) is 0 Å². The lowest BCUT2D eigenvalue weighted by atomic mass is 10.0. The van der Waals surface area contributed by atoms with Gasteiger partial charge in [0.25, 0.3) is 0 Å². The normalized spacial score (nSPS) is 17.9. The highest BCUT2D eigenvalue weighted by Gasteiger charge is 2.20. The molecule has 1 aliphatic rings. The van der Waals surface area contributed by atoms with Crippen LogP contribution in [0.2, 0.25) is 0 Å². The van der Waals surface area contributed by atoms with Gasteiger partial charge in [-0.15, -0.1) is 12.4 Å². The van der Waals surface area contributed by atoms with Crippen LogP contribution in [0.15, 0.2) is 18.2 Å². The molecule has 0 fully saturated rings. The third kappa shape index (κ3) is 2.13. The number of hydrogen-bond donors (Lipinski definition) is 1. The SMILES string of the molecule is COC(=O)c1ccc2c(c1)[C@H](N)CC2.Cl. The maximum atomic E-state index is 11.3. The van der Waals surface area contributed by atoms with E-state index in [4.69, 9.17) is 5.73 Å². The van der Waals surface area contributed by atoms with Crippen molar-refractivity contribution in [1.29, 1.82) is 0 Å². The van der Waals surface area contributed by atoms with Gasteiger partial charge in [-0.1, -0.05) is 6.07 Å². The summed E-state index contributed by atoms with van der Waals surface area (Å²) < 4.78 is 4.65. The van der Waals surface area contributed by atoms with E-state index in [2.05, 4.69) is 4.74 Å². The van der Waals surface area contributed by atoms with Crippen LogP contribution in [0.1, 0.15) is 33.9 Å². The molecular weight excluding hydrogens is 214 g/mol. The predicted molar refractivity (Wildman–Crippen MR) is 60.3 cm³/mol. The van der Waals surface area contributed by atoms with Crippen LogP contribution in [0.3, 0.4) is 0 Å². The molecule has 0 bridgehead atoms. The number of carbonyl (C=O) groups excluding carboxylic acids is 1. The Morgan fingerprint density at radius 2 is 2.27 bits per heavy atom. The van der Waals surface area contributed by atoms with E-state index >= 15 is 0 Å². The fraction of sp³-hybridized carbons (Fsp3) is 0.364. The van der Waals surface area contributed by atoms with Gasteiger partial charge in [-0.25, -0.2) is 4.79 Å². The van der Waals surface area contributed by atoms with Crippen molar-refractivity contribution in [3.8, 4) is 0 Å². The van der Waals surface area contributed by atoms with Gasteiger partial charge in [0, 0.05) is 6.04 Å². The van der Waals surface area contributed by atoms with Crippen molar-refractivity contribution in [3.05, 3.63) is 34.9 Å². The molecule has 0 radical (unpaired) electrons. The molecule has 0 spiro atoms. The quantitative estimate of drug-likeness (QED) is 0.745. The summed E-state index contributed by atoms with van der Waals surface area (Å²) in [4.78, 5) is 11.3. The summed E-state index contributed by atoms with van der Waals surface area (Å²) in [6.07, 6.45) is 1.98. The highest BCUT2D eigenvalue weighted by atomic mass is 35.5. The van der Waals surface area contributed by atoms with Crippen molar-refractivity contribution in [2.24, 2.45) is 5.73 Å². The first-order valence-electron chi connectivity index (χ1n) is 4.69. The highest BCUT2D eigenvalue weighted by Crippen LogP contribution is 2.29. The molecule has 4 heteroatoms. The van der Waals surface area contributed by atoms with Crippen LogP contribution in [0.4, 0.5) is 0 Å². The number of methoxy groups -OCH3 is 1. The molecule has 2 N–H and O–H groups in total. The van der Waals surface area contributed by atoms with Gasteiger partial charge in [0.2, 0.25) is 0 Å². The number of rotatable bonds is 1. The van der Waals surface area contributed by atoms with Crippen molar-refractivity contribution in [3.63, 3.8) is 0 Å². The molecule has 0 saturated carbocycles. The number of halogens is 1. The van der Waals surface area contributed by atoms with E-state index in [1.807, 2.05) is 12.1 Å². The molecule has 0 aliphatic heterocycles. The number of hydrogen-bond acceptors (Lipinski definition) is 3. The predicted octanol–water partition coefficient (Wildman–Crippen LogP) is 1.84. The monoisotopic (exact) mass is 227 g/mol. The summed E-state index contributed by atoms with van der Waals surface area (Å²) in [5.41, 5.74) is 8.84. The molecule has 0 saturated heterocycles. The topological polar surface area (TPSA) is 52.3 Å². The Kier molecular flexibility index (Phi) is 3.72. The lowest BCUT2D eigenvalue weighted by molar-refractivity contribution is 0.0600. The van der Waals surface area contributed by atoms with E-state index in [9.17, 15) is 4.79 Å². The van der Waals surface area contributed by atoms with Crippen molar-refractivity contribution in [2.45, 2.75) is 18.9 Å². The molecule has 3 nitrogen and oxygen atoms in total. The first kappa shape index (κ1) is 12.0. The molecule has 15 heavy (non-hydrogen) atoms. The molecule has 0 aromatic heterocycles. The van der Waals surface area contributed by atoms with E-state index in [0.29, 0.717) is 5.56 Å². The first-order valence-corrected chi connectivity index (χ1v) is 4.69. The van der Waals surface area contributed by atoms with Crippen LogP contribution < -0.4 is 5.73 Å². The van der Waals surface area contributed by atoms with Gasteiger partial charge in [0.15, 0.2) is 0 Å². The maximum absolute atomic E-state index is 11.3. The Bertz CT molecular complexity index is 379. The Balaban J connectivity index is 0.00000112. The summed E-state index contributed by atoms with van der Waals surface area (Å²) in [7, 11) is 1.38. The first-order chi connectivity index (χ1) is 6.72. The standard InChI is InChI=1S/C11H13NO2.ClH/c1-14-11(13)8-3-2-7-4-5-10(12)9(7)6-8;/h2-3,6,10H,4-5,12H2,1H3;1H/t10-;/m1./s1. The summed E-state index contributed by atoms with van der Waals surface area (Å²) in [5, 5.41) is 0. The smallest absolute Gasteiger partial charge is 0.337 e. The third-order valence-electron chi connectivity index (χ3n) is 2.69. The van der Waals surface area contributed by atoms with Gasteiger partial charge in [-0.3, -0.25) is 0 Å². The van der Waals surface area contributed by atoms with E-state index in [1.165, 1.54) is 12.7 Å². The van der Waals surface area contributed by atoms with Crippen LogP contribution in [0.5, 0.6) is 0 Å². The van der Waals surface area contributed by atoms with Gasteiger partial charge < -0.3 is 10.5 Å². The second-order valence-corrected chi connectivity index (χ2v) is 3.55. The summed E-state index contributed by atoms with van der Waals surface area (Å²) in [6, 6.07) is 5.69. The Morgan fingerprint density at radius 3 is 2.93 bits per heavy atom. The number of aryl methyl sites for hydroxylation is 1. The minimum atomic E-state index is -0.299. The van der Waals surface area contributed by atoms with Gasteiger partial charge in [-0.2, -0.15) is 0 Å². The van der Waals surface area contributed by atoms with Gasteiger partial charge in [-0.05, 0) is 36.1 Å². The van der Waals surface area contributed by atoms with E-state index in [-0.39, 0.29) is 24.4 Å². The number of carbonyl (C=O) groups is 1. The number of esters is 1. The lowest BCUT2D eigenvalue weighted by Crippen LogP contribution is -2.07. The molecule has 0 heterocycles. The summed E-state index contributed by atoms with van der Waals surface area (Å²) in [5.74, 6) is -0.299. The molecule has 1 atom stereocenters. The zero-order valence-electron chi connectivity index (χ0n) is 8.53. The zero-order valence-corrected chi connectivity index (χ0v) is 9.34. The second kappa shape index (κ2) is 4.64. The minimum absolute atomic E-state index is 0. The molecule has 1 aliphatic carbocycles. The van der Waals surface area contributed by atoms with Crippen molar-refractivity contribution in [1.82, 2.24) is 0 Å². The molecular formula is C11H14ClNO2.